The Balaban J connectivity index is 1.82. The molecule has 0 spiro atoms. The van der Waals surface area contributed by atoms with Crippen molar-refractivity contribution in [1.82, 2.24) is 34.9 Å². The number of tetrazole rings is 1. The van der Waals surface area contributed by atoms with E-state index in [1.54, 1.807) is 24.1 Å². The van der Waals surface area contributed by atoms with Crippen molar-refractivity contribution >= 4 is 5.91 Å². The Labute approximate surface area is 152 Å². The number of nitrogens with zero attached hydrogens (tertiary/aromatic N) is 7. The van der Waals surface area contributed by atoms with E-state index in [1.165, 1.54) is 4.80 Å². The number of carbonyl (C=O) groups excluding carboxylic acids is 1. The molecule has 0 saturated carbocycles. The van der Waals surface area contributed by atoms with Gasteiger partial charge in [-0.05, 0) is 38.1 Å². The number of hydrogen-bond acceptors (Lipinski definition) is 5. The van der Waals surface area contributed by atoms with Crippen LogP contribution in [0.1, 0.15) is 40.3 Å². The Morgan fingerprint density at radius 2 is 1.77 bits per heavy atom. The fourth-order valence-electron chi connectivity index (χ4n) is 3.13. The maximum absolute atomic E-state index is 12.9. The zero-order valence-corrected chi connectivity index (χ0v) is 15.9. The molecule has 0 unspecified atom stereocenters. The van der Waals surface area contributed by atoms with E-state index in [0.717, 1.165) is 22.5 Å². The summed E-state index contributed by atoms with van der Waals surface area (Å²) in [6.45, 7) is 6.01. The van der Waals surface area contributed by atoms with Crippen LogP contribution in [0.25, 0.3) is 11.4 Å². The molecule has 26 heavy (non-hydrogen) atoms. The molecule has 0 bridgehead atoms. The van der Waals surface area contributed by atoms with E-state index < -0.39 is 0 Å². The van der Waals surface area contributed by atoms with Gasteiger partial charge in [0.05, 0.1) is 18.8 Å². The van der Waals surface area contributed by atoms with Crippen LogP contribution in [0.5, 0.6) is 0 Å². The first kappa shape index (κ1) is 17.8. The van der Waals surface area contributed by atoms with Crippen LogP contribution >= 0.6 is 0 Å². The molecule has 2 heterocycles. The van der Waals surface area contributed by atoms with Crippen molar-refractivity contribution in [3.05, 3.63) is 46.8 Å². The monoisotopic (exact) mass is 353 g/mol. The quantitative estimate of drug-likeness (QED) is 0.717. The molecule has 3 aromatic rings. The van der Waals surface area contributed by atoms with Gasteiger partial charge in [0, 0.05) is 36.5 Å². The van der Waals surface area contributed by atoms with Crippen LogP contribution in [0.15, 0.2) is 24.3 Å². The van der Waals surface area contributed by atoms with Crippen LogP contribution in [0.3, 0.4) is 0 Å². The van der Waals surface area contributed by atoms with Crippen LogP contribution in [-0.4, -0.2) is 47.8 Å². The smallest absolute Gasteiger partial charge is 0.254 e. The van der Waals surface area contributed by atoms with E-state index in [-0.39, 0.29) is 11.9 Å². The van der Waals surface area contributed by atoms with Gasteiger partial charge in [-0.1, -0.05) is 12.1 Å². The molecule has 0 aliphatic rings. The zero-order valence-electron chi connectivity index (χ0n) is 15.9. The second-order valence-electron chi connectivity index (χ2n) is 6.48. The van der Waals surface area contributed by atoms with Gasteiger partial charge in [-0.15, -0.1) is 10.2 Å². The summed E-state index contributed by atoms with van der Waals surface area (Å²) >= 11 is 0. The predicted molar refractivity (Wildman–Crippen MR) is 97.4 cm³/mol. The van der Waals surface area contributed by atoms with Crippen molar-refractivity contribution in [3.8, 4) is 11.4 Å². The fourth-order valence-corrected chi connectivity index (χ4v) is 3.13. The third kappa shape index (κ3) is 3.10. The van der Waals surface area contributed by atoms with Crippen molar-refractivity contribution in [1.29, 1.82) is 0 Å². The van der Waals surface area contributed by atoms with Crippen LogP contribution in [0, 0.1) is 13.8 Å². The number of amides is 1. The number of aromatic nitrogens is 6. The highest BCUT2D eigenvalue weighted by molar-refractivity contribution is 5.94. The Morgan fingerprint density at radius 1 is 1.12 bits per heavy atom. The summed E-state index contributed by atoms with van der Waals surface area (Å²) in [5.74, 6) is 0.494. The van der Waals surface area contributed by atoms with Crippen molar-refractivity contribution in [3.63, 3.8) is 0 Å². The van der Waals surface area contributed by atoms with Gasteiger partial charge in [0.2, 0.25) is 5.82 Å². The summed E-state index contributed by atoms with van der Waals surface area (Å²) in [7, 11) is 5.45. The minimum absolute atomic E-state index is 0.0428. The highest BCUT2D eigenvalue weighted by atomic mass is 16.2. The first-order chi connectivity index (χ1) is 12.3. The molecule has 0 N–H and O–H groups in total. The predicted octanol–water partition coefficient (Wildman–Crippen LogP) is 2.06. The highest BCUT2D eigenvalue weighted by Gasteiger charge is 2.24. The molecule has 8 nitrogen and oxygen atoms in total. The van der Waals surface area contributed by atoms with Crippen LogP contribution < -0.4 is 0 Å². The standard InChI is InChI=1S/C18H23N7O/c1-11-16(13(3)24(5)20-11)12(2)23(4)18(26)15-9-7-14(8-10-15)17-19-22-25(6)21-17/h7-10,12H,1-6H3/t12-/m1/s1. The molecule has 3 rings (SSSR count). The van der Waals surface area contributed by atoms with Gasteiger partial charge >= 0.3 is 0 Å². The van der Waals surface area contributed by atoms with Crippen molar-refractivity contribution < 1.29 is 4.79 Å². The number of aryl methyl sites for hydroxylation is 3. The Kier molecular flexibility index (Phi) is 4.58. The molecule has 2 aromatic heterocycles. The van der Waals surface area contributed by atoms with Crippen LogP contribution in [0.4, 0.5) is 0 Å². The second kappa shape index (κ2) is 6.70. The van der Waals surface area contributed by atoms with Gasteiger partial charge in [-0.2, -0.15) is 9.90 Å². The van der Waals surface area contributed by atoms with E-state index in [9.17, 15) is 4.79 Å². The van der Waals surface area contributed by atoms with Gasteiger partial charge in [0.1, 0.15) is 0 Å². The molecule has 8 heteroatoms. The lowest BCUT2D eigenvalue weighted by atomic mass is 10.0. The largest absolute Gasteiger partial charge is 0.335 e. The van der Waals surface area contributed by atoms with Gasteiger partial charge < -0.3 is 4.90 Å². The summed E-state index contributed by atoms with van der Waals surface area (Å²) in [4.78, 5) is 16.0. The van der Waals surface area contributed by atoms with Gasteiger partial charge in [0.15, 0.2) is 0 Å². The first-order valence-corrected chi connectivity index (χ1v) is 8.41. The average molecular weight is 353 g/mol. The van der Waals surface area contributed by atoms with Crippen molar-refractivity contribution in [2.75, 3.05) is 7.05 Å². The lowest BCUT2D eigenvalue weighted by molar-refractivity contribution is 0.0742. The summed E-state index contributed by atoms with van der Waals surface area (Å²) in [5.41, 5.74) is 4.54. The maximum Gasteiger partial charge on any atom is 0.254 e. The lowest BCUT2D eigenvalue weighted by Gasteiger charge is -2.25. The molecule has 0 aliphatic heterocycles. The molecule has 0 aliphatic carbocycles. The Bertz CT molecular complexity index is 939. The lowest BCUT2D eigenvalue weighted by Crippen LogP contribution is -2.30. The highest BCUT2D eigenvalue weighted by Crippen LogP contribution is 2.26. The fraction of sp³-hybridized carbons (Fsp3) is 0.389. The van der Waals surface area contributed by atoms with Gasteiger partial charge in [-0.3, -0.25) is 9.48 Å². The van der Waals surface area contributed by atoms with Gasteiger partial charge in [-0.25, -0.2) is 0 Å². The summed E-state index contributed by atoms with van der Waals surface area (Å²) < 4.78 is 1.85. The SMILES string of the molecule is Cc1nn(C)c(C)c1[C@@H](C)N(C)C(=O)c1ccc(-c2nnn(C)n2)cc1. The number of carbonyl (C=O) groups is 1. The topological polar surface area (TPSA) is 81.7 Å². The van der Waals surface area contributed by atoms with Gasteiger partial charge in [0.25, 0.3) is 5.91 Å². The zero-order chi connectivity index (χ0) is 19.0. The van der Waals surface area contributed by atoms with E-state index in [2.05, 4.69) is 20.5 Å². The van der Waals surface area contributed by atoms with Crippen molar-refractivity contribution in [2.45, 2.75) is 26.8 Å². The third-order valence-electron chi connectivity index (χ3n) is 4.78. The van der Waals surface area contributed by atoms with Crippen LogP contribution in [0.2, 0.25) is 0 Å². The first-order valence-electron chi connectivity index (χ1n) is 8.41. The minimum atomic E-state index is -0.0717. The van der Waals surface area contributed by atoms with E-state index in [1.807, 2.05) is 51.7 Å². The number of hydrogen-bond donors (Lipinski definition) is 0. The molecule has 1 atom stereocenters. The number of benzene rings is 1. The molecule has 1 aromatic carbocycles. The van der Waals surface area contributed by atoms with Crippen LogP contribution in [-0.2, 0) is 14.1 Å². The molecular formula is C18H23N7O. The van der Waals surface area contributed by atoms with E-state index in [4.69, 9.17) is 0 Å². The molecular weight excluding hydrogens is 330 g/mol. The summed E-state index contributed by atoms with van der Waals surface area (Å²) in [5, 5.41) is 16.4. The second-order valence-corrected chi connectivity index (χ2v) is 6.48. The van der Waals surface area contributed by atoms with E-state index in [0.29, 0.717) is 11.4 Å². The maximum atomic E-state index is 12.9. The molecule has 1 amide bonds. The summed E-state index contributed by atoms with van der Waals surface area (Å²) in [6, 6.07) is 7.19. The molecule has 0 saturated heterocycles. The van der Waals surface area contributed by atoms with E-state index >= 15 is 0 Å². The normalized spacial score (nSPS) is 12.2. The number of rotatable bonds is 4. The molecule has 136 valence electrons. The Morgan fingerprint density at radius 3 is 2.27 bits per heavy atom. The summed E-state index contributed by atoms with van der Waals surface area (Å²) in [6.07, 6.45) is 0. The Hall–Kier alpha value is -3.03. The third-order valence-corrected chi connectivity index (χ3v) is 4.78. The average Bonchev–Trinajstić information content (AvgIpc) is 3.16. The minimum Gasteiger partial charge on any atom is -0.335 e. The molecule has 0 radical (unpaired) electrons. The van der Waals surface area contributed by atoms with Crippen molar-refractivity contribution in [2.24, 2.45) is 14.1 Å². The molecule has 0 fully saturated rings.